The summed E-state index contributed by atoms with van der Waals surface area (Å²) in [6.07, 6.45) is 7.78. The summed E-state index contributed by atoms with van der Waals surface area (Å²) < 4.78 is 16.4. The van der Waals surface area contributed by atoms with Gasteiger partial charge in [0.05, 0.1) is 23.0 Å². The Morgan fingerprint density at radius 1 is 1.17 bits per heavy atom. The number of nitrogens with one attached hydrogen (secondary N) is 1. The second-order valence-corrected chi connectivity index (χ2v) is 11.3. The normalized spacial score (nSPS) is 14.6. The van der Waals surface area contributed by atoms with Crippen molar-refractivity contribution in [3.8, 4) is 11.8 Å². The summed E-state index contributed by atoms with van der Waals surface area (Å²) in [7, 11) is 1.75. The van der Waals surface area contributed by atoms with Crippen LogP contribution >= 0.6 is 0 Å². The van der Waals surface area contributed by atoms with E-state index in [1.807, 2.05) is 42.9 Å². The predicted octanol–water partition coefficient (Wildman–Crippen LogP) is 6.38. The zero-order valence-corrected chi connectivity index (χ0v) is 23.6. The minimum absolute atomic E-state index is 0.0117. The average Bonchev–Trinajstić information content (AvgIpc) is 3.58. The Morgan fingerprint density at radius 3 is 2.73 bits per heavy atom. The fraction of sp³-hybridized carbons (Fsp3) is 0.303. The minimum Gasteiger partial charge on any atom is -0.346 e. The lowest BCUT2D eigenvalue weighted by Crippen LogP contribution is -2.33. The number of hydrogen-bond donors (Lipinski definition) is 1. The number of fused-ring (bicyclic) bond motifs is 2. The maximum Gasteiger partial charge on any atom is 0.256 e. The molecule has 3 aromatic heterocycles. The van der Waals surface area contributed by atoms with E-state index < -0.39 is 5.82 Å². The highest BCUT2D eigenvalue weighted by molar-refractivity contribution is 5.99. The average molecular weight is 549 g/mol. The number of likely N-dealkylation sites (tertiary alicyclic amines) is 1. The number of hydrogen-bond acceptors (Lipinski definition) is 4. The number of carbonyl (C=O) groups excluding carboxylic acids is 1. The van der Waals surface area contributed by atoms with Gasteiger partial charge in [0.1, 0.15) is 17.6 Å². The molecule has 1 amide bonds. The van der Waals surface area contributed by atoms with E-state index in [4.69, 9.17) is 0 Å². The van der Waals surface area contributed by atoms with Gasteiger partial charge in [-0.15, -0.1) is 0 Å². The van der Waals surface area contributed by atoms with E-state index in [1.54, 1.807) is 18.0 Å². The number of halogens is 1. The number of nitrogens with zero attached hydrogens (tertiary/aromatic N) is 5. The second-order valence-electron chi connectivity index (χ2n) is 11.3. The van der Waals surface area contributed by atoms with Gasteiger partial charge >= 0.3 is 0 Å². The molecule has 0 radical (unpaired) electrons. The highest BCUT2D eigenvalue weighted by Gasteiger charge is 2.26. The van der Waals surface area contributed by atoms with Crippen LogP contribution in [0.25, 0.3) is 27.5 Å². The molecular weight excluding hydrogens is 515 g/mol. The maximum atomic E-state index is 14.4. The molecule has 0 bridgehead atoms. The van der Waals surface area contributed by atoms with Crippen LogP contribution in [0.4, 0.5) is 4.39 Å². The molecule has 0 spiro atoms. The van der Waals surface area contributed by atoms with Crippen LogP contribution in [-0.4, -0.2) is 56.4 Å². The molecule has 0 unspecified atom stereocenters. The van der Waals surface area contributed by atoms with Crippen molar-refractivity contribution in [2.45, 2.75) is 45.2 Å². The largest absolute Gasteiger partial charge is 0.346 e. The molecule has 1 aliphatic rings. The number of piperidine rings is 1. The summed E-state index contributed by atoms with van der Waals surface area (Å²) in [5.41, 5.74) is 5.94. The topological polar surface area (TPSA) is 81.0 Å². The first-order chi connectivity index (χ1) is 19.8. The fourth-order valence-electron chi connectivity index (χ4n) is 5.94. The summed E-state index contributed by atoms with van der Waals surface area (Å²) >= 11 is 0. The molecule has 0 atom stereocenters. The van der Waals surface area contributed by atoms with Gasteiger partial charge < -0.3 is 14.5 Å². The number of carbonyl (C=O) groups is 1. The van der Waals surface area contributed by atoms with Crippen LogP contribution in [0.1, 0.15) is 59.8 Å². The molecule has 0 aliphatic carbocycles. The van der Waals surface area contributed by atoms with Gasteiger partial charge in [0.25, 0.3) is 5.91 Å². The van der Waals surface area contributed by atoms with Crippen molar-refractivity contribution in [1.29, 1.82) is 5.26 Å². The summed E-state index contributed by atoms with van der Waals surface area (Å²) in [6, 6.07) is 16.9. The van der Waals surface area contributed by atoms with Gasteiger partial charge in [-0.2, -0.15) is 5.26 Å². The zero-order chi connectivity index (χ0) is 28.7. The van der Waals surface area contributed by atoms with Gasteiger partial charge in [-0.3, -0.25) is 14.7 Å². The number of aromatic nitrogens is 3. The lowest BCUT2D eigenvalue weighted by molar-refractivity contribution is 0.0754. The second kappa shape index (κ2) is 10.8. The third kappa shape index (κ3) is 5.09. The lowest BCUT2D eigenvalue weighted by Gasteiger charge is -2.32. The van der Waals surface area contributed by atoms with Gasteiger partial charge in [0.15, 0.2) is 0 Å². The van der Waals surface area contributed by atoms with Crippen LogP contribution in [0.5, 0.6) is 0 Å². The molecule has 5 aromatic rings. The Labute approximate surface area is 238 Å². The predicted molar refractivity (Wildman–Crippen MR) is 159 cm³/mol. The smallest absolute Gasteiger partial charge is 0.256 e. The summed E-state index contributed by atoms with van der Waals surface area (Å²) in [5.74, 6) is -0.282. The molecule has 208 valence electrons. The maximum absolute atomic E-state index is 14.4. The molecule has 1 fully saturated rings. The number of rotatable bonds is 6. The monoisotopic (exact) mass is 548 g/mol. The quantitative estimate of drug-likeness (QED) is 0.267. The zero-order valence-electron chi connectivity index (χ0n) is 23.6. The van der Waals surface area contributed by atoms with E-state index in [2.05, 4.69) is 45.3 Å². The van der Waals surface area contributed by atoms with Crippen molar-refractivity contribution in [3.63, 3.8) is 0 Å². The highest BCUT2D eigenvalue weighted by Crippen LogP contribution is 2.36. The first-order valence-corrected chi connectivity index (χ1v) is 14.1. The highest BCUT2D eigenvalue weighted by atomic mass is 19.1. The van der Waals surface area contributed by atoms with E-state index in [0.29, 0.717) is 22.9 Å². The minimum atomic E-state index is -0.433. The van der Waals surface area contributed by atoms with E-state index in [1.165, 1.54) is 23.3 Å². The third-order valence-electron chi connectivity index (χ3n) is 8.42. The number of amides is 1. The summed E-state index contributed by atoms with van der Waals surface area (Å²) in [4.78, 5) is 25.0. The molecular formula is C33H33FN6O. The molecule has 7 nitrogen and oxygen atoms in total. The Kier molecular flexibility index (Phi) is 7.06. The van der Waals surface area contributed by atoms with E-state index in [0.717, 1.165) is 54.3 Å². The molecule has 41 heavy (non-hydrogen) atoms. The Hall–Kier alpha value is -4.48. The number of nitriles is 1. The van der Waals surface area contributed by atoms with Crippen molar-refractivity contribution >= 4 is 27.7 Å². The summed E-state index contributed by atoms with van der Waals surface area (Å²) in [5, 5.41) is 11.4. The van der Waals surface area contributed by atoms with Gasteiger partial charge in [-0.1, -0.05) is 6.07 Å². The number of aromatic amines is 1. The van der Waals surface area contributed by atoms with E-state index in [-0.39, 0.29) is 11.9 Å². The third-order valence-corrected chi connectivity index (χ3v) is 8.42. The van der Waals surface area contributed by atoms with E-state index >= 15 is 0 Å². The first kappa shape index (κ1) is 26.7. The molecule has 4 heterocycles. The molecule has 8 heteroatoms. The molecule has 0 saturated carbocycles. The van der Waals surface area contributed by atoms with Crippen molar-refractivity contribution < 1.29 is 9.18 Å². The van der Waals surface area contributed by atoms with Crippen LogP contribution < -0.4 is 0 Å². The fourth-order valence-corrected chi connectivity index (χ4v) is 5.94. The van der Waals surface area contributed by atoms with Gasteiger partial charge in [-0.25, -0.2) is 4.39 Å². The molecule has 2 aromatic carbocycles. The van der Waals surface area contributed by atoms with Crippen LogP contribution in [0.15, 0.2) is 67.1 Å². The Bertz CT molecular complexity index is 1790. The van der Waals surface area contributed by atoms with Crippen molar-refractivity contribution in [3.05, 3.63) is 95.3 Å². The van der Waals surface area contributed by atoms with Crippen molar-refractivity contribution in [2.75, 3.05) is 20.1 Å². The van der Waals surface area contributed by atoms with Crippen LogP contribution in [-0.2, 0) is 6.54 Å². The van der Waals surface area contributed by atoms with Crippen LogP contribution in [0.2, 0.25) is 0 Å². The molecule has 6 rings (SSSR count). The molecule has 1 N–H and O–H groups in total. The Morgan fingerprint density at radius 2 is 1.98 bits per heavy atom. The van der Waals surface area contributed by atoms with Crippen molar-refractivity contribution in [1.82, 2.24) is 24.3 Å². The van der Waals surface area contributed by atoms with Gasteiger partial charge in [0, 0.05) is 48.3 Å². The van der Waals surface area contributed by atoms with Gasteiger partial charge in [0.2, 0.25) is 0 Å². The molecule has 1 aliphatic heterocycles. The van der Waals surface area contributed by atoms with Crippen molar-refractivity contribution in [2.24, 2.45) is 0 Å². The first-order valence-electron chi connectivity index (χ1n) is 14.1. The number of pyridine rings is 1. The SMILES string of the molecule is CC(C)N(C)C(=O)c1cc(F)ccc1-n1cc(C2CCN(Cc3ccc4[nH]c(C#N)cc4c3)CC2)c2ccncc21. The van der Waals surface area contributed by atoms with Crippen LogP contribution in [0.3, 0.4) is 0 Å². The summed E-state index contributed by atoms with van der Waals surface area (Å²) in [6.45, 7) is 6.69. The molecule has 1 saturated heterocycles. The van der Waals surface area contributed by atoms with E-state index in [9.17, 15) is 14.4 Å². The number of benzene rings is 2. The van der Waals surface area contributed by atoms with Crippen LogP contribution in [0, 0.1) is 17.1 Å². The standard InChI is InChI=1S/C33H33FN6O/c1-21(2)38(3)33(41)28-16-25(34)5-7-31(28)40-20-29(27-8-11-36-18-32(27)40)23-9-12-39(13-10-23)19-22-4-6-30-24(14-22)15-26(17-35)37-30/h4-8,11,14-16,18,20-21,23,37H,9-10,12-13,19H2,1-3H3. The Balaban J connectivity index is 1.26. The van der Waals surface area contributed by atoms with Gasteiger partial charge in [-0.05, 0) is 99.3 Å². The lowest BCUT2D eigenvalue weighted by atomic mass is 9.89. The number of H-pyrrole nitrogens is 1.